The van der Waals surface area contributed by atoms with E-state index in [2.05, 4.69) is 5.10 Å². The Bertz CT molecular complexity index is 623. The average molecular weight is 266 g/mol. The van der Waals surface area contributed by atoms with Crippen LogP contribution in [0.25, 0.3) is 11.3 Å². The molecule has 2 rings (SSSR count). The fourth-order valence-electron chi connectivity index (χ4n) is 1.85. The molecule has 0 saturated carbocycles. The average Bonchev–Trinajstić information content (AvgIpc) is 2.71. The molecular formula is C13H12F2N2O2. The van der Waals surface area contributed by atoms with Gasteiger partial charge in [0.15, 0.2) is 11.6 Å². The van der Waals surface area contributed by atoms with Crippen LogP contribution < -0.4 is 0 Å². The van der Waals surface area contributed by atoms with E-state index in [1.807, 2.05) is 0 Å². The van der Waals surface area contributed by atoms with E-state index >= 15 is 0 Å². The highest BCUT2D eigenvalue weighted by molar-refractivity contribution is 5.68. The number of nitrogens with zero attached hydrogens (tertiary/aromatic N) is 2. The lowest BCUT2D eigenvalue weighted by Gasteiger charge is -2.02. The molecule has 0 aliphatic carbocycles. The molecule has 0 radical (unpaired) electrons. The summed E-state index contributed by atoms with van der Waals surface area (Å²) in [5, 5.41) is 12.9. The van der Waals surface area contributed by atoms with Crippen LogP contribution in [0.5, 0.6) is 0 Å². The summed E-state index contributed by atoms with van der Waals surface area (Å²) in [6.07, 6.45) is 1.93. The molecule has 0 saturated heterocycles. The fourth-order valence-corrected chi connectivity index (χ4v) is 1.85. The van der Waals surface area contributed by atoms with Crippen LogP contribution >= 0.6 is 0 Å². The smallest absolute Gasteiger partial charge is 0.303 e. The number of carboxylic acid groups (broad SMARTS) is 1. The molecule has 6 heteroatoms. The van der Waals surface area contributed by atoms with Crippen LogP contribution in [0.2, 0.25) is 0 Å². The summed E-state index contributed by atoms with van der Waals surface area (Å²) in [5.41, 5.74) is 1.60. The summed E-state index contributed by atoms with van der Waals surface area (Å²) in [7, 11) is 1.69. The van der Waals surface area contributed by atoms with Crippen molar-refractivity contribution < 1.29 is 18.7 Å². The summed E-state index contributed by atoms with van der Waals surface area (Å²) < 4.78 is 27.6. The molecule has 0 aliphatic rings. The molecule has 0 spiro atoms. The molecule has 1 heterocycles. The molecule has 2 aromatic rings. The maximum absolute atomic E-state index is 13.2. The van der Waals surface area contributed by atoms with E-state index in [1.54, 1.807) is 13.2 Å². The minimum Gasteiger partial charge on any atom is -0.481 e. The third-order valence-electron chi connectivity index (χ3n) is 2.71. The Morgan fingerprint density at radius 3 is 2.74 bits per heavy atom. The SMILES string of the molecule is Cn1cc(CCC(=O)O)c(-c2ccc(F)c(F)c2)n1. The van der Waals surface area contributed by atoms with Gasteiger partial charge >= 0.3 is 5.97 Å². The topological polar surface area (TPSA) is 55.1 Å². The quantitative estimate of drug-likeness (QED) is 0.924. The lowest BCUT2D eigenvalue weighted by molar-refractivity contribution is -0.136. The van der Waals surface area contributed by atoms with Crippen molar-refractivity contribution in [2.75, 3.05) is 0 Å². The van der Waals surface area contributed by atoms with Gasteiger partial charge in [-0.1, -0.05) is 0 Å². The van der Waals surface area contributed by atoms with Crippen LogP contribution in [0.1, 0.15) is 12.0 Å². The summed E-state index contributed by atoms with van der Waals surface area (Å²) >= 11 is 0. The van der Waals surface area contributed by atoms with Crippen molar-refractivity contribution in [1.82, 2.24) is 9.78 Å². The Morgan fingerprint density at radius 1 is 1.37 bits per heavy atom. The van der Waals surface area contributed by atoms with Gasteiger partial charge in [0.25, 0.3) is 0 Å². The number of hydrogen-bond donors (Lipinski definition) is 1. The third kappa shape index (κ3) is 2.96. The molecule has 0 unspecified atom stereocenters. The predicted octanol–water partition coefficient (Wildman–Crippen LogP) is 2.38. The van der Waals surface area contributed by atoms with Crippen molar-refractivity contribution in [3.63, 3.8) is 0 Å². The molecule has 1 aromatic heterocycles. The minimum atomic E-state index is -0.952. The second kappa shape index (κ2) is 5.17. The largest absolute Gasteiger partial charge is 0.481 e. The Hall–Kier alpha value is -2.24. The third-order valence-corrected chi connectivity index (χ3v) is 2.71. The number of hydrogen-bond acceptors (Lipinski definition) is 2. The Morgan fingerprint density at radius 2 is 2.11 bits per heavy atom. The maximum atomic E-state index is 13.2. The zero-order valence-electron chi connectivity index (χ0n) is 10.2. The molecule has 0 aliphatic heterocycles. The summed E-state index contributed by atoms with van der Waals surface area (Å²) in [4.78, 5) is 10.6. The predicted molar refractivity (Wildman–Crippen MR) is 64.5 cm³/mol. The maximum Gasteiger partial charge on any atom is 0.303 e. The number of carbonyl (C=O) groups is 1. The summed E-state index contributed by atoms with van der Waals surface area (Å²) in [5.74, 6) is -2.79. The van der Waals surface area contributed by atoms with Gasteiger partial charge in [0, 0.05) is 25.2 Å². The zero-order chi connectivity index (χ0) is 14.0. The van der Waals surface area contributed by atoms with Crippen molar-refractivity contribution >= 4 is 5.97 Å². The number of carboxylic acids is 1. The van der Waals surface area contributed by atoms with E-state index < -0.39 is 17.6 Å². The van der Waals surface area contributed by atoms with Gasteiger partial charge in [0.05, 0.1) is 5.69 Å². The first-order chi connectivity index (χ1) is 8.97. The van der Waals surface area contributed by atoms with Gasteiger partial charge in [-0.2, -0.15) is 5.10 Å². The van der Waals surface area contributed by atoms with Crippen molar-refractivity contribution in [1.29, 1.82) is 0 Å². The minimum absolute atomic E-state index is 0.0393. The molecule has 19 heavy (non-hydrogen) atoms. The Balaban J connectivity index is 2.37. The van der Waals surface area contributed by atoms with E-state index in [4.69, 9.17) is 5.11 Å². The first-order valence-electron chi connectivity index (χ1n) is 5.67. The van der Waals surface area contributed by atoms with Crippen LogP contribution in [-0.4, -0.2) is 20.9 Å². The van der Waals surface area contributed by atoms with Crippen molar-refractivity contribution in [2.45, 2.75) is 12.8 Å². The van der Waals surface area contributed by atoms with Gasteiger partial charge < -0.3 is 5.11 Å². The van der Waals surface area contributed by atoms with Gasteiger partial charge in [-0.3, -0.25) is 9.48 Å². The number of rotatable bonds is 4. The van der Waals surface area contributed by atoms with E-state index in [-0.39, 0.29) is 12.8 Å². The first kappa shape index (κ1) is 13.2. The molecule has 0 bridgehead atoms. The van der Waals surface area contributed by atoms with Crippen molar-refractivity contribution in [3.05, 3.63) is 41.6 Å². The highest BCUT2D eigenvalue weighted by Gasteiger charge is 2.13. The highest BCUT2D eigenvalue weighted by atomic mass is 19.2. The number of benzene rings is 1. The standard InChI is InChI=1S/C13H12F2N2O2/c1-17-7-9(3-5-12(18)19)13(16-17)8-2-4-10(14)11(15)6-8/h2,4,6-7H,3,5H2,1H3,(H,18,19). The number of aryl methyl sites for hydroxylation is 2. The molecule has 1 aromatic carbocycles. The summed E-state index contributed by atoms with van der Waals surface area (Å²) in [6.45, 7) is 0. The van der Waals surface area contributed by atoms with Gasteiger partial charge in [-0.15, -0.1) is 0 Å². The fraction of sp³-hybridized carbons (Fsp3) is 0.231. The summed E-state index contributed by atoms with van der Waals surface area (Å²) in [6, 6.07) is 3.51. The molecule has 0 fully saturated rings. The zero-order valence-corrected chi connectivity index (χ0v) is 10.2. The van der Waals surface area contributed by atoms with E-state index in [9.17, 15) is 13.6 Å². The van der Waals surface area contributed by atoms with E-state index in [0.717, 1.165) is 12.1 Å². The van der Waals surface area contributed by atoms with Gasteiger partial charge in [-0.25, -0.2) is 8.78 Å². The Kier molecular flexibility index (Phi) is 3.59. The molecule has 1 N–H and O–H groups in total. The van der Waals surface area contributed by atoms with Crippen LogP contribution in [0.4, 0.5) is 8.78 Å². The van der Waals surface area contributed by atoms with Crippen LogP contribution in [0.3, 0.4) is 0 Å². The van der Waals surface area contributed by atoms with Crippen LogP contribution in [0, 0.1) is 11.6 Å². The second-order valence-corrected chi connectivity index (χ2v) is 4.20. The normalized spacial score (nSPS) is 10.7. The van der Waals surface area contributed by atoms with E-state index in [0.29, 0.717) is 16.8 Å². The molecule has 4 nitrogen and oxygen atoms in total. The van der Waals surface area contributed by atoms with Crippen molar-refractivity contribution in [3.8, 4) is 11.3 Å². The van der Waals surface area contributed by atoms with Gasteiger partial charge in [0.2, 0.25) is 0 Å². The second-order valence-electron chi connectivity index (χ2n) is 4.20. The van der Waals surface area contributed by atoms with Gasteiger partial charge in [0.1, 0.15) is 0 Å². The van der Waals surface area contributed by atoms with Gasteiger partial charge in [-0.05, 0) is 30.2 Å². The monoisotopic (exact) mass is 266 g/mol. The molecular weight excluding hydrogens is 254 g/mol. The molecule has 0 amide bonds. The van der Waals surface area contributed by atoms with Crippen LogP contribution in [0.15, 0.2) is 24.4 Å². The van der Waals surface area contributed by atoms with Crippen molar-refractivity contribution in [2.24, 2.45) is 7.05 Å². The number of halogens is 2. The van der Waals surface area contributed by atoms with Crippen LogP contribution in [-0.2, 0) is 18.3 Å². The molecule has 0 atom stereocenters. The lowest BCUT2D eigenvalue weighted by atomic mass is 10.0. The first-order valence-corrected chi connectivity index (χ1v) is 5.67. The lowest BCUT2D eigenvalue weighted by Crippen LogP contribution is -1.98. The molecule has 100 valence electrons. The number of aromatic nitrogens is 2. The van der Waals surface area contributed by atoms with E-state index in [1.165, 1.54) is 10.7 Å². The Labute approximate surface area is 108 Å². The highest BCUT2D eigenvalue weighted by Crippen LogP contribution is 2.24. The number of aliphatic carboxylic acids is 1.